The minimum atomic E-state index is -1.49. The lowest BCUT2D eigenvalue weighted by molar-refractivity contribution is -0.291. The van der Waals surface area contributed by atoms with Crippen LogP contribution in [0.4, 0.5) is 0 Å². The van der Waals surface area contributed by atoms with E-state index < -0.39 is 42.1 Å². The summed E-state index contributed by atoms with van der Waals surface area (Å²) in [7, 11) is 0. The van der Waals surface area contributed by atoms with Crippen LogP contribution in [0.3, 0.4) is 0 Å². The molecule has 0 spiro atoms. The molecule has 8 nitrogen and oxygen atoms in total. The summed E-state index contributed by atoms with van der Waals surface area (Å²) in [5, 5.41) is 42.3. The number of aliphatic hydroxyl groups is 3. The van der Waals surface area contributed by atoms with Crippen LogP contribution in [-0.2, 0) is 19.1 Å². The highest BCUT2D eigenvalue weighted by Gasteiger charge is 2.72. The Morgan fingerprint density at radius 2 is 1.58 bits per heavy atom. The van der Waals surface area contributed by atoms with Crippen molar-refractivity contribution in [3.05, 3.63) is 12.2 Å². The van der Waals surface area contributed by atoms with Crippen LogP contribution in [0.5, 0.6) is 0 Å². The van der Waals surface area contributed by atoms with Gasteiger partial charge in [-0.3, -0.25) is 9.59 Å². The number of carbonyl (C=O) groups excluding carboxylic acids is 1. The molecule has 6 rings (SSSR count). The molecule has 6 fully saturated rings. The molecule has 4 N–H and O–H groups in total. The Morgan fingerprint density at radius 1 is 0.867 bits per heavy atom. The summed E-state index contributed by atoms with van der Waals surface area (Å²) < 4.78 is 10.8. The number of fused-ring (bicyclic) bond motifs is 7. The first kappa shape index (κ1) is 33.4. The van der Waals surface area contributed by atoms with Gasteiger partial charge in [-0.15, -0.1) is 0 Å². The topological polar surface area (TPSA) is 134 Å². The van der Waals surface area contributed by atoms with Gasteiger partial charge in [-0.05, 0) is 135 Å². The highest BCUT2D eigenvalue weighted by molar-refractivity contribution is 5.76. The number of hydrogen-bond acceptors (Lipinski definition) is 7. The molecule has 1 heterocycles. The van der Waals surface area contributed by atoms with Crippen LogP contribution in [-0.4, -0.2) is 63.6 Å². The van der Waals surface area contributed by atoms with Crippen molar-refractivity contribution >= 4 is 12.4 Å². The van der Waals surface area contributed by atoms with Crippen molar-refractivity contribution in [3.8, 4) is 0 Å². The molecule has 8 heteroatoms. The first-order valence-electron chi connectivity index (χ1n) is 17.7. The van der Waals surface area contributed by atoms with Crippen LogP contribution in [0.15, 0.2) is 12.2 Å². The van der Waals surface area contributed by atoms with Crippen molar-refractivity contribution in [2.45, 2.75) is 143 Å². The second-order valence-corrected chi connectivity index (χ2v) is 17.7. The van der Waals surface area contributed by atoms with Crippen LogP contribution >= 0.6 is 0 Å². The van der Waals surface area contributed by atoms with Gasteiger partial charge in [-0.1, -0.05) is 46.8 Å². The highest BCUT2D eigenvalue weighted by atomic mass is 16.7. The zero-order valence-electron chi connectivity index (χ0n) is 28.3. The van der Waals surface area contributed by atoms with E-state index in [1.165, 1.54) is 0 Å². The van der Waals surface area contributed by atoms with Crippen molar-refractivity contribution in [2.75, 3.05) is 0 Å². The summed E-state index contributed by atoms with van der Waals surface area (Å²) in [5.41, 5.74) is 0.836. The Hall–Kier alpha value is -1.48. The van der Waals surface area contributed by atoms with Crippen molar-refractivity contribution < 1.29 is 39.5 Å². The molecule has 0 bridgehead atoms. The minimum absolute atomic E-state index is 0.0568. The van der Waals surface area contributed by atoms with Gasteiger partial charge in [0.05, 0.1) is 11.5 Å². The second-order valence-electron chi connectivity index (χ2n) is 17.7. The Kier molecular flexibility index (Phi) is 8.19. The van der Waals surface area contributed by atoms with Gasteiger partial charge in [0, 0.05) is 0 Å². The lowest BCUT2D eigenvalue weighted by Gasteiger charge is -2.73. The Morgan fingerprint density at radius 3 is 2.22 bits per heavy atom. The third-order valence-corrected chi connectivity index (χ3v) is 16.1. The highest BCUT2D eigenvalue weighted by Crippen LogP contribution is 2.78. The first-order chi connectivity index (χ1) is 21.0. The van der Waals surface area contributed by atoms with Gasteiger partial charge in [0.1, 0.15) is 18.3 Å². The molecule has 15 atom stereocenters. The van der Waals surface area contributed by atoms with Crippen LogP contribution in [0.25, 0.3) is 0 Å². The monoisotopic (exact) mass is 630 g/mol. The molecule has 45 heavy (non-hydrogen) atoms. The fraction of sp³-hybridized carbons (Fsp3) is 0.892. The van der Waals surface area contributed by atoms with Crippen molar-refractivity contribution in [1.29, 1.82) is 0 Å². The predicted octanol–water partition coefficient (Wildman–Crippen LogP) is 5.72. The van der Waals surface area contributed by atoms with Gasteiger partial charge in [0.2, 0.25) is 6.29 Å². The molecule has 5 aliphatic carbocycles. The molecule has 0 aromatic carbocycles. The van der Waals surface area contributed by atoms with Gasteiger partial charge >= 0.3 is 5.97 Å². The number of carbonyl (C=O) groups is 2. The first-order valence-corrected chi connectivity index (χ1v) is 17.7. The average molecular weight is 631 g/mol. The Labute approximate surface area is 269 Å². The maximum atomic E-state index is 13.0. The molecule has 1 aliphatic heterocycles. The molecular weight excluding hydrogens is 572 g/mol. The minimum Gasteiger partial charge on any atom is -0.481 e. The van der Waals surface area contributed by atoms with Crippen LogP contribution in [0.1, 0.15) is 112 Å². The molecule has 254 valence electrons. The fourth-order valence-corrected chi connectivity index (χ4v) is 13.6. The molecule has 0 aromatic heterocycles. The number of allylic oxidation sites excluding steroid dienone is 1. The Balaban J connectivity index is 1.26. The third kappa shape index (κ3) is 4.50. The van der Waals surface area contributed by atoms with E-state index in [1.54, 1.807) is 0 Å². The summed E-state index contributed by atoms with van der Waals surface area (Å²) in [6.45, 7) is 19.1. The number of carboxylic acid groups (broad SMARTS) is 1. The van der Waals surface area contributed by atoms with Crippen LogP contribution < -0.4 is 0 Å². The smallest absolute Gasteiger partial charge is 0.309 e. The number of rotatable bonds is 6. The van der Waals surface area contributed by atoms with E-state index in [-0.39, 0.29) is 40.0 Å². The van der Waals surface area contributed by atoms with E-state index in [2.05, 4.69) is 48.1 Å². The average Bonchev–Trinajstić information content (AvgIpc) is 3.38. The normalized spacial score (nSPS) is 53.7. The predicted molar refractivity (Wildman–Crippen MR) is 169 cm³/mol. The lowest BCUT2D eigenvalue weighted by atomic mass is 9.32. The molecule has 6 aliphatic rings. The van der Waals surface area contributed by atoms with Gasteiger partial charge in [0.25, 0.3) is 6.47 Å². The molecule has 0 radical (unpaired) electrons. The fourth-order valence-electron chi connectivity index (χ4n) is 13.6. The largest absolute Gasteiger partial charge is 0.481 e. The molecule has 0 amide bonds. The van der Waals surface area contributed by atoms with E-state index >= 15 is 0 Å². The van der Waals surface area contributed by atoms with E-state index in [0.717, 1.165) is 69.8 Å². The van der Waals surface area contributed by atoms with E-state index in [0.29, 0.717) is 30.1 Å². The lowest BCUT2D eigenvalue weighted by Crippen LogP contribution is -2.67. The number of carboxylic acids is 1. The maximum Gasteiger partial charge on any atom is 0.309 e. The number of aliphatic hydroxyl groups excluding tert-OH is 3. The van der Waals surface area contributed by atoms with Gasteiger partial charge < -0.3 is 29.9 Å². The van der Waals surface area contributed by atoms with Crippen LogP contribution in [0, 0.1) is 62.6 Å². The van der Waals surface area contributed by atoms with Crippen LogP contribution in [0.2, 0.25) is 0 Å². The quantitative estimate of drug-likeness (QED) is 0.217. The third-order valence-electron chi connectivity index (χ3n) is 16.1. The molecule has 6 unspecified atom stereocenters. The van der Waals surface area contributed by atoms with Crippen molar-refractivity contribution in [2.24, 2.45) is 62.6 Å². The summed E-state index contributed by atoms with van der Waals surface area (Å²) >= 11 is 0. The standard InChI is InChI=1S/C37H58O8/c1-20(2)22-11-15-37(32(42)43)17-16-35(6)23(27(22)37)8-9-26-34(5)13-10-21(33(3,4)25(34)12-14-36(26,35)7)18-24-28(39)29(40)30(41)31(45-24)44-19-38/h19,21-31,39-41H,1,8-18H2,2-7H3,(H,42,43)/t21-,22-,23?,24-,25?,26?,27?,28+,29?,30-,31?,34-,35+,36+,37-/m0/s1. The number of aliphatic carboxylic acids is 1. The van der Waals surface area contributed by atoms with Crippen molar-refractivity contribution in [3.63, 3.8) is 0 Å². The Bertz CT molecular complexity index is 1200. The number of hydrogen-bond donors (Lipinski definition) is 4. The van der Waals surface area contributed by atoms with Gasteiger partial charge in [-0.2, -0.15) is 0 Å². The molecule has 0 aromatic rings. The molecule has 1 saturated heterocycles. The van der Waals surface area contributed by atoms with E-state index in [1.807, 2.05) is 0 Å². The summed E-state index contributed by atoms with van der Waals surface area (Å²) in [4.78, 5) is 24.0. The summed E-state index contributed by atoms with van der Waals surface area (Å²) in [5.74, 6) is 1.52. The zero-order valence-corrected chi connectivity index (χ0v) is 28.3. The molecule has 5 saturated carbocycles. The SMILES string of the molecule is C=C(C)[C@@H]1CC[C@]2(C(=O)O)CC[C@]3(C)C(CCC4[C@@]5(C)CC[C@@H](C[C@@H]6OC(OC=O)[C@@H](O)C(O)[C@@H]6O)C(C)(C)C5CC[C@]43C)C12. The van der Waals surface area contributed by atoms with E-state index in [9.17, 15) is 30.0 Å². The second kappa shape index (κ2) is 11.0. The van der Waals surface area contributed by atoms with Crippen molar-refractivity contribution in [1.82, 2.24) is 0 Å². The summed E-state index contributed by atoms with van der Waals surface area (Å²) in [6.07, 6.45) is 4.29. The van der Waals surface area contributed by atoms with E-state index in [4.69, 9.17) is 9.47 Å². The van der Waals surface area contributed by atoms with Gasteiger partial charge in [0.15, 0.2) is 0 Å². The van der Waals surface area contributed by atoms with Gasteiger partial charge in [-0.25, -0.2) is 0 Å². The zero-order chi connectivity index (χ0) is 32.9. The molecular formula is C37H58O8. The summed E-state index contributed by atoms with van der Waals surface area (Å²) in [6, 6.07) is 0. The maximum absolute atomic E-state index is 13.0. The number of ether oxygens (including phenoxy) is 2.